The lowest BCUT2D eigenvalue weighted by Gasteiger charge is -2.22. The van der Waals surface area contributed by atoms with Crippen LogP contribution in [0.15, 0.2) is 29.4 Å². The molecule has 0 aromatic heterocycles. The maximum absolute atomic E-state index is 5.18. The van der Waals surface area contributed by atoms with Gasteiger partial charge in [0.25, 0.3) is 0 Å². The molecule has 2 N–H and O–H groups in total. The molecule has 1 aliphatic heterocycles. The molecule has 1 fully saturated rings. The smallest absolute Gasteiger partial charge is 0.187 e. The SMILES string of the molecule is CC(=NNC(=S)NC(C)C)c1ccc(N2CCCCCC2)cc1. The first-order valence-electron chi connectivity index (χ1n) is 8.52. The third kappa shape index (κ3) is 5.82. The summed E-state index contributed by atoms with van der Waals surface area (Å²) in [5.74, 6) is 0. The van der Waals surface area contributed by atoms with Gasteiger partial charge in [-0.15, -0.1) is 0 Å². The molecule has 1 heterocycles. The lowest BCUT2D eigenvalue weighted by atomic mass is 10.1. The molecule has 2 rings (SSSR count). The molecule has 5 heteroatoms. The zero-order valence-corrected chi connectivity index (χ0v) is 15.2. The largest absolute Gasteiger partial charge is 0.372 e. The molecule has 0 spiro atoms. The third-order valence-electron chi connectivity index (χ3n) is 4.00. The van der Waals surface area contributed by atoms with Crippen molar-refractivity contribution < 1.29 is 0 Å². The van der Waals surface area contributed by atoms with E-state index in [0.29, 0.717) is 11.2 Å². The second kappa shape index (κ2) is 8.87. The van der Waals surface area contributed by atoms with Gasteiger partial charge in [-0.05, 0) is 63.5 Å². The number of hydrogen-bond acceptors (Lipinski definition) is 3. The van der Waals surface area contributed by atoms with Crippen LogP contribution >= 0.6 is 12.2 Å². The van der Waals surface area contributed by atoms with Crippen LogP contribution in [0.3, 0.4) is 0 Å². The minimum atomic E-state index is 0.304. The van der Waals surface area contributed by atoms with E-state index in [1.54, 1.807) is 0 Å². The van der Waals surface area contributed by atoms with Crippen LogP contribution in [0.25, 0.3) is 0 Å². The van der Waals surface area contributed by atoms with E-state index < -0.39 is 0 Å². The van der Waals surface area contributed by atoms with Gasteiger partial charge in [0.2, 0.25) is 0 Å². The van der Waals surface area contributed by atoms with Crippen molar-refractivity contribution >= 4 is 28.7 Å². The average Bonchev–Trinajstić information content (AvgIpc) is 2.81. The predicted molar refractivity (Wildman–Crippen MR) is 103 cm³/mol. The number of nitrogens with one attached hydrogen (secondary N) is 2. The molecular formula is C18H28N4S. The van der Waals surface area contributed by atoms with Crippen molar-refractivity contribution in [2.24, 2.45) is 5.10 Å². The van der Waals surface area contributed by atoms with Crippen molar-refractivity contribution in [2.75, 3.05) is 18.0 Å². The Kier molecular flexibility index (Phi) is 6.84. The molecule has 0 atom stereocenters. The van der Waals surface area contributed by atoms with Crippen LogP contribution in [0, 0.1) is 0 Å². The van der Waals surface area contributed by atoms with E-state index in [-0.39, 0.29) is 0 Å². The van der Waals surface area contributed by atoms with E-state index in [2.05, 4.69) is 45.0 Å². The van der Waals surface area contributed by atoms with E-state index in [0.717, 1.165) is 11.3 Å². The predicted octanol–water partition coefficient (Wildman–Crippen LogP) is 3.66. The summed E-state index contributed by atoms with van der Waals surface area (Å²) >= 11 is 5.18. The van der Waals surface area contributed by atoms with Crippen LogP contribution in [-0.2, 0) is 0 Å². The zero-order valence-electron chi connectivity index (χ0n) is 14.4. The topological polar surface area (TPSA) is 39.7 Å². The number of thiocarbonyl (C=S) groups is 1. The number of hydrogen-bond donors (Lipinski definition) is 2. The monoisotopic (exact) mass is 332 g/mol. The standard InChI is InChI=1S/C18H28N4S/c1-14(2)19-18(23)21-20-15(3)16-8-10-17(11-9-16)22-12-6-4-5-7-13-22/h8-11,14H,4-7,12-13H2,1-3H3,(H2,19,21,23). The molecule has 0 saturated carbocycles. The fraction of sp³-hybridized carbons (Fsp3) is 0.556. The maximum atomic E-state index is 5.18. The van der Waals surface area contributed by atoms with Gasteiger partial charge < -0.3 is 10.2 Å². The second-order valence-electron chi connectivity index (χ2n) is 6.39. The fourth-order valence-electron chi connectivity index (χ4n) is 2.74. The molecule has 0 aliphatic carbocycles. The second-order valence-corrected chi connectivity index (χ2v) is 6.79. The van der Waals surface area contributed by atoms with Crippen LogP contribution in [0.4, 0.5) is 5.69 Å². The van der Waals surface area contributed by atoms with Crippen molar-refractivity contribution in [3.05, 3.63) is 29.8 Å². The lowest BCUT2D eigenvalue weighted by molar-refractivity contribution is 0.719. The molecule has 23 heavy (non-hydrogen) atoms. The van der Waals surface area contributed by atoms with Crippen molar-refractivity contribution in [1.82, 2.24) is 10.7 Å². The van der Waals surface area contributed by atoms with Gasteiger partial charge in [0.15, 0.2) is 5.11 Å². The third-order valence-corrected chi connectivity index (χ3v) is 4.21. The summed E-state index contributed by atoms with van der Waals surface area (Å²) in [5, 5.41) is 8.02. The molecule has 126 valence electrons. The highest BCUT2D eigenvalue weighted by Crippen LogP contribution is 2.20. The first-order chi connectivity index (χ1) is 11.1. The van der Waals surface area contributed by atoms with Gasteiger partial charge in [0.1, 0.15) is 0 Å². The Morgan fingerprint density at radius 3 is 2.26 bits per heavy atom. The fourth-order valence-corrected chi connectivity index (χ4v) is 3.02. The molecule has 0 amide bonds. The Morgan fingerprint density at radius 1 is 1.09 bits per heavy atom. The summed E-state index contributed by atoms with van der Waals surface area (Å²) in [7, 11) is 0. The summed E-state index contributed by atoms with van der Waals surface area (Å²) < 4.78 is 0. The molecule has 0 unspecified atom stereocenters. The van der Waals surface area contributed by atoms with Crippen molar-refractivity contribution in [3.8, 4) is 0 Å². The number of hydrazone groups is 1. The minimum Gasteiger partial charge on any atom is -0.372 e. The van der Waals surface area contributed by atoms with Gasteiger partial charge in [-0.1, -0.05) is 25.0 Å². The Hall–Kier alpha value is -1.62. The summed E-state index contributed by atoms with van der Waals surface area (Å²) in [6.07, 6.45) is 5.31. The molecule has 1 aromatic carbocycles. The summed E-state index contributed by atoms with van der Waals surface area (Å²) in [6.45, 7) is 8.43. The number of anilines is 1. The normalized spacial score (nSPS) is 16.2. The lowest BCUT2D eigenvalue weighted by Crippen LogP contribution is -2.37. The molecule has 0 bridgehead atoms. The summed E-state index contributed by atoms with van der Waals surface area (Å²) in [4.78, 5) is 2.49. The van der Waals surface area contributed by atoms with Gasteiger partial charge in [0, 0.05) is 24.8 Å². The highest BCUT2D eigenvalue weighted by Gasteiger charge is 2.10. The first kappa shape index (κ1) is 17.7. The van der Waals surface area contributed by atoms with E-state index in [1.165, 1.54) is 44.5 Å². The quantitative estimate of drug-likeness (QED) is 0.501. The van der Waals surface area contributed by atoms with Gasteiger partial charge in [-0.3, -0.25) is 5.43 Å². The highest BCUT2D eigenvalue weighted by molar-refractivity contribution is 7.80. The Labute approximate surface area is 145 Å². The number of benzene rings is 1. The van der Waals surface area contributed by atoms with Crippen LogP contribution in [0.1, 0.15) is 52.0 Å². The minimum absolute atomic E-state index is 0.304. The van der Waals surface area contributed by atoms with Crippen molar-refractivity contribution in [1.29, 1.82) is 0 Å². The van der Waals surface area contributed by atoms with Crippen molar-refractivity contribution in [3.63, 3.8) is 0 Å². The van der Waals surface area contributed by atoms with Crippen LogP contribution in [0.5, 0.6) is 0 Å². The van der Waals surface area contributed by atoms with E-state index >= 15 is 0 Å². The van der Waals surface area contributed by atoms with Gasteiger partial charge in [0.05, 0.1) is 5.71 Å². The summed E-state index contributed by atoms with van der Waals surface area (Å²) in [5.41, 5.74) is 6.25. The Bertz CT molecular complexity index is 528. The zero-order chi connectivity index (χ0) is 16.7. The van der Waals surface area contributed by atoms with E-state index in [4.69, 9.17) is 12.2 Å². The van der Waals surface area contributed by atoms with Crippen LogP contribution < -0.4 is 15.6 Å². The molecule has 0 radical (unpaired) electrons. The molecule has 1 aliphatic rings. The Balaban J connectivity index is 1.96. The molecule has 1 saturated heterocycles. The van der Waals surface area contributed by atoms with Gasteiger partial charge in [-0.2, -0.15) is 5.10 Å². The van der Waals surface area contributed by atoms with Gasteiger partial charge in [-0.25, -0.2) is 0 Å². The number of rotatable bonds is 4. The first-order valence-corrected chi connectivity index (χ1v) is 8.93. The van der Waals surface area contributed by atoms with Gasteiger partial charge >= 0.3 is 0 Å². The maximum Gasteiger partial charge on any atom is 0.187 e. The average molecular weight is 333 g/mol. The summed E-state index contributed by atoms with van der Waals surface area (Å²) in [6, 6.07) is 8.98. The highest BCUT2D eigenvalue weighted by atomic mass is 32.1. The molecule has 1 aromatic rings. The van der Waals surface area contributed by atoms with E-state index in [1.807, 2.05) is 20.8 Å². The number of nitrogens with zero attached hydrogens (tertiary/aromatic N) is 2. The van der Waals surface area contributed by atoms with E-state index in [9.17, 15) is 0 Å². The molecule has 4 nitrogen and oxygen atoms in total. The van der Waals surface area contributed by atoms with Crippen LogP contribution in [0.2, 0.25) is 0 Å². The molecular weight excluding hydrogens is 304 g/mol. The van der Waals surface area contributed by atoms with Crippen LogP contribution in [-0.4, -0.2) is 30.0 Å². The Morgan fingerprint density at radius 2 is 1.70 bits per heavy atom. The van der Waals surface area contributed by atoms with Crippen molar-refractivity contribution in [2.45, 2.75) is 52.5 Å².